The molecule has 1 aromatic heterocycles. The molecule has 2 heterocycles. The average molecular weight is 326 g/mol. The van der Waals surface area contributed by atoms with Crippen LogP contribution in [0.1, 0.15) is 18.3 Å². The van der Waals surface area contributed by atoms with E-state index in [0.717, 1.165) is 6.42 Å². The van der Waals surface area contributed by atoms with E-state index >= 15 is 0 Å². The number of H-pyrrole nitrogens is 1. The van der Waals surface area contributed by atoms with Crippen LogP contribution in [0.25, 0.3) is 10.9 Å². The predicted molar refractivity (Wildman–Crippen MR) is 93.2 cm³/mol. The molecule has 1 aliphatic heterocycles. The lowest BCUT2D eigenvalue weighted by atomic mass is 10.1. The molecule has 0 amide bonds. The Kier molecular flexibility index (Phi) is 3.34. The van der Waals surface area contributed by atoms with Crippen LogP contribution >= 0.6 is 11.6 Å². The first kappa shape index (κ1) is 14.3. The van der Waals surface area contributed by atoms with Crippen LogP contribution in [-0.2, 0) is 13.0 Å². The highest BCUT2D eigenvalue weighted by molar-refractivity contribution is 6.31. The van der Waals surface area contributed by atoms with Crippen LogP contribution in [0.5, 0.6) is 0 Å². The van der Waals surface area contributed by atoms with E-state index < -0.39 is 0 Å². The van der Waals surface area contributed by atoms with Gasteiger partial charge in [0.25, 0.3) is 5.56 Å². The lowest BCUT2D eigenvalue weighted by Crippen LogP contribution is -2.30. The molecule has 3 aromatic rings. The van der Waals surface area contributed by atoms with Gasteiger partial charge in [0.2, 0.25) is 0 Å². The smallest absolute Gasteiger partial charge is 0.258 e. The Morgan fingerprint density at radius 2 is 2.13 bits per heavy atom. The Labute approximate surface area is 138 Å². The van der Waals surface area contributed by atoms with Gasteiger partial charge in [-0.25, -0.2) is 4.98 Å². The Balaban J connectivity index is 1.75. The number of nitrogens with one attached hydrogen (secondary N) is 1. The van der Waals surface area contributed by atoms with Crippen LogP contribution in [0, 0.1) is 0 Å². The number of rotatable bonds is 2. The highest BCUT2D eigenvalue weighted by Gasteiger charge is 2.26. The number of aromatic nitrogens is 2. The van der Waals surface area contributed by atoms with Crippen LogP contribution in [0.2, 0.25) is 5.02 Å². The van der Waals surface area contributed by atoms with Gasteiger partial charge in [-0.15, -0.1) is 0 Å². The van der Waals surface area contributed by atoms with Crippen LogP contribution in [0.3, 0.4) is 0 Å². The van der Waals surface area contributed by atoms with Gasteiger partial charge >= 0.3 is 0 Å². The molecule has 0 saturated carbocycles. The molecular formula is C18H16ClN3O. The normalized spacial score (nSPS) is 16.8. The highest BCUT2D eigenvalue weighted by Crippen LogP contribution is 2.32. The maximum atomic E-state index is 12.3. The third kappa shape index (κ3) is 2.49. The Bertz CT molecular complexity index is 950. The minimum Gasteiger partial charge on any atom is -0.361 e. The Hall–Kier alpha value is -2.33. The summed E-state index contributed by atoms with van der Waals surface area (Å²) in [6.07, 6.45) is 1.01. The fourth-order valence-corrected chi connectivity index (χ4v) is 3.43. The topological polar surface area (TPSA) is 49.0 Å². The number of hydrogen-bond acceptors (Lipinski definition) is 3. The number of aromatic amines is 1. The minimum atomic E-state index is -0.123. The van der Waals surface area contributed by atoms with E-state index in [4.69, 9.17) is 11.6 Å². The van der Waals surface area contributed by atoms with E-state index in [1.807, 2.05) is 6.07 Å². The molecule has 5 heteroatoms. The molecule has 0 radical (unpaired) electrons. The molecule has 4 nitrogen and oxygen atoms in total. The summed E-state index contributed by atoms with van der Waals surface area (Å²) in [5, 5.41) is 1.15. The quantitative estimate of drug-likeness (QED) is 0.784. The summed E-state index contributed by atoms with van der Waals surface area (Å²) >= 11 is 6.02. The van der Waals surface area contributed by atoms with Crippen molar-refractivity contribution in [1.82, 2.24) is 9.97 Å². The Morgan fingerprint density at radius 1 is 1.30 bits per heavy atom. The van der Waals surface area contributed by atoms with Gasteiger partial charge in [-0.2, -0.15) is 0 Å². The molecule has 23 heavy (non-hydrogen) atoms. The van der Waals surface area contributed by atoms with E-state index in [9.17, 15) is 4.79 Å². The van der Waals surface area contributed by atoms with Gasteiger partial charge in [-0.3, -0.25) is 4.79 Å². The number of anilines is 1. The molecule has 1 aliphatic rings. The van der Waals surface area contributed by atoms with E-state index in [2.05, 4.69) is 40.0 Å². The SMILES string of the molecule is C[C@@H]1Cc2ccccc2N1Cc1nc2cc(Cl)ccc2c(=O)[nH]1. The average Bonchev–Trinajstić information content (AvgIpc) is 2.83. The maximum Gasteiger partial charge on any atom is 0.258 e. The molecule has 2 aromatic carbocycles. The molecular weight excluding hydrogens is 310 g/mol. The van der Waals surface area contributed by atoms with Gasteiger partial charge in [0.15, 0.2) is 0 Å². The zero-order chi connectivity index (χ0) is 16.0. The summed E-state index contributed by atoms with van der Waals surface area (Å²) in [5.74, 6) is 0.660. The van der Waals surface area contributed by atoms with E-state index in [-0.39, 0.29) is 5.56 Å². The molecule has 1 N–H and O–H groups in total. The lowest BCUT2D eigenvalue weighted by Gasteiger charge is -2.24. The van der Waals surface area contributed by atoms with E-state index in [1.54, 1.807) is 18.2 Å². The number of benzene rings is 2. The van der Waals surface area contributed by atoms with Crippen LogP contribution in [0.15, 0.2) is 47.3 Å². The number of hydrogen-bond donors (Lipinski definition) is 1. The van der Waals surface area contributed by atoms with Crippen molar-refractivity contribution < 1.29 is 0 Å². The summed E-state index contributed by atoms with van der Waals surface area (Å²) < 4.78 is 0. The van der Waals surface area contributed by atoms with Crippen molar-refractivity contribution in [3.8, 4) is 0 Å². The maximum absolute atomic E-state index is 12.3. The van der Waals surface area contributed by atoms with Gasteiger partial charge in [0.1, 0.15) is 5.82 Å². The first-order valence-electron chi connectivity index (χ1n) is 7.65. The number of fused-ring (bicyclic) bond motifs is 2. The van der Waals surface area contributed by atoms with Crippen LogP contribution in [-0.4, -0.2) is 16.0 Å². The number of halogens is 1. The Morgan fingerprint density at radius 3 is 3.00 bits per heavy atom. The van der Waals surface area contributed by atoms with Gasteiger partial charge in [0, 0.05) is 16.8 Å². The molecule has 0 aliphatic carbocycles. The van der Waals surface area contributed by atoms with Gasteiger partial charge in [-0.1, -0.05) is 29.8 Å². The molecule has 0 saturated heterocycles. The van der Waals surface area contributed by atoms with Gasteiger partial charge in [-0.05, 0) is 43.2 Å². The summed E-state index contributed by atoms with van der Waals surface area (Å²) in [6, 6.07) is 13.9. The third-order valence-electron chi connectivity index (χ3n) is 4.39. The first-order chi connectivity index (χ1) is 11.1. The largest absolute Gasteiger partial charge is 0.361 e. The number of nitrogens with zero attached hydrogens (tertiary/aromatic N) is 2. The second-order valence-corrected chi connectivity index (χ2v) is 6.42. The zero-order valence-electron chi connectivity index (χ0n) is 12.7. The van der Waals surface area contributed by atoms with Crippen molar-refractivity contribution in [2.45, 2.75) is 25.9 Å². The van der Waals surface area contributed by atoms with Crippen molar-refractivity contribution in [3.05, 3.63) is 69.2 Å². The molecule has 0 unspecified atom stereocenters. The predicted octanol–water partition coefficient (Wildman–Crippen LogP) is 3.53. The van der Waals surface area contributed by atoms with Crippen molar-refractivity contribution in [2.75, 3.05) is 4.90 Å². The second-order valence-electron chi connectivity index (χ2n) is 5.98. The van der Waals surface area contributed by atoms with Crippen molar-refractivity contribution in [1.29, 1.82) is 0 Å². The molecule has 116 valence electrons. The van der Waals surface area contributed by atoms with Crippen LogP contribution < -0.4 is 10.5 Å². The minimum absolute atomic E-state index is 0.123. The summed E-state index contributed by atoms with van der Waals surface area (Å²) in [6.45, 7) is 2.77. The standard InChI is InChI=1S/C18H16ClN3O/c1-11-8-12-4-2-3-5-16(12)22(11)10-17-20-15-9-13(19)6-7-14(15)18(23)21-17/h2-7,9,11H,8,10H2,1H3,(H,20,21,23)/t11-/m1/s1. The number of para-hydroxylation sites is 1. The first-order valence-corrected chi connectivity index (χ1v) is 8.02. The molecule has 0 fully saturated rings. The molecule has 0 bridgehead atoms. The van der Waals surface area contributed by atoms with Crippen molar-refractivity contribution in [2.24, 2.45) is 0 Å². The molecule has 1 atom stereocenters. The second kappa shape index (κ2) is 5.39. The summed E-state index contributed by atoms with van der Waals surface area (Å²) in [4.78, 5) is 22.0. The molecule has 4 rings (SSSR count). The fourth-order valence-electron chi connectivity index (χ4n) is 3.27. The van der Waals surface area contributed by atoms with Crippen molar-refractivity contribution >= 4 is 28.2 Å². The third-order valence-corrected chi connectivity index (χ3v) is 4.62. The fraction of sp³-hybridized carbons (Fsp3) is 0.222. The lowest BCUT2D eigenvalue weighted by molar-refractivity contribution is 0.655. The van der Waals surface area contributed by atoms with Gasteiger partial charge in [0.05, 0.1) is 17.4 Å². The van der Waals surface area contributed by atoms with Crippen LogP contribution in [0.4, 0.5) is 5.69 Å². The van der Waals surface area contributed by atoms with E-state index in [0.29, 0.717) is 34.3 Å². The zero-order valence-corrected chi connectivity index (χ0v) is 13.5. The monoisotopic (exact) mass is 325 g/mol. The van der Waals surface area contributed by atoms with Gasteiger partial charge < -0.3 is 9.88 Å². The highest BCUT2D eigenvalue weighted by atomic mass is 35.5. The summed E-state index contributed by atoms with van der Waals surface area (Å²) in [5.41, 5.74) is 3.07. The van der Waals surface area contributed by atoms with Crippen molar-refractivity contribution in [3.63, 3.8) is 0 Å². The molecule has 0 spiro atoms. The van der Waals surface area contributed by atoms with E-state index in [1.165, 1.54) is 11.3 Å². The summed E-state index contributed by atoms with van der Waals surface area (Å²) in [7, 11) is 0.